The SMILES string of the molecule is CCNC(=NCCNC(=O)C(C)C)NC(C)COC1CCOC1.I. The van der Waals surface area contributed by atoms with Crippen molar-refractivity contribution in [1.29, 1.82) is 0 Å². The predicted octanol–water partition coefficient (Wildman–Crippen LogP) is 1.13. The number of carbonyl (C=O) groups is 1. The van der Waals surface area contributed by atoms with Crippen LogP contribution in [0.15, 0.2) is 4.99 Å². The quantitative estimate of drug-likeness (QED) is 0.210. The Morgan fingerprint density at radius 1 is 1.33 bits per heavy atom. The van der Waals surface area contributed by atoms with Gasteiger partial charge in [-0.3, -0.25) is 9.79 Å². The lowest BCUT2D eigenvalue weighted by Gasteiger charge is -2.19. The first-order valence-electron chi connectivity index (χ1n) is 8.54. The van der Waals surface area contributed by atoms with Gasteiger partial charge in [-0.05, 0) is 20.3 Å². The summed E-state index contributed by atoms with van der Waals surface area (Å²) in [5.74, 6) is 0.797. The van der Waals surface area contributed by atoms with E-state index in [0.717, 1.165) is 25.5 Å². The fourth-order valence-corrected chi connectivity index (χ4v) is 2.07. The number of nitrogens with zero attached hydrogens (tertiary/aromatic N) is 1. The maximum atomic E-state index is 11.5. The summed E-state index contributed by atoms with van der Waals surface area (Å²) in [6, 6.07) is 0.152. The van der Waals surface area contributed by atoms with Crippen LogP contribution in [0.5, 0.6) is 0 Å². The molecule has 0 spiro atoms. The largest absolute Gasteiger partial charge is 0.379 e. The number of hydrogen-bond acceptors (Lipinski definition) is 4. The van der Waals surface area contributed by atoms with Crippen molar-refractivity contribution in [3.05, 3.63) is 0 Å². The van der Waals surface area contributed by atoms with E-state index in [-0.39, 0.29) is 47.9 Å². The van der Waals surface area contributed by atoms with E-state index in [1.54, 1.807) is 0 Å². The minimum absolute atomic E-state index is 0. The van der Waals surface area contributed by atoms with Gasteiger partial charge in [-0.15, -0.1) is 24.0 Å². The Labute approximate surface area is 162 Å². The molecule has 2 unspecified atom stereocenters. The molecule has 1 rings (SSSR count). The van der Waals surface area contributed by atoms with E-state index >= 15 is 0 Å². The summed E-state index contributed by atoms with van der Waals surface area (Å²) in [7, 11) is 0. The lowest BCUT2D eigenvalue weighted by atomic mass is 10.2. The molecular formula is C16H33IN4O3. The summed E-state index contributed by atoms with van der Waals surface area (Å²) >= 11 is 0. The molecule has 0 saturated carbocycles. The maximum absolute atomic E-state index is 11.5. The number of carbonyl (C=O) groups excluding carboxylic acids is 1. The highest BCUT2D eigenvalue weighted by atomic mass is 127. The van der Waals surface area contributed by atoms with Crippen LogP contribution in [-0.4, -0.2) is 63.5 Å². The number of hydrogen-bond donors (Lipinski definition) is 3. The van der Waals surface area contributed by atoms with Gasteiger partial charge >= 0.3 is 0 Å². The van der Waals surface area contributed by atoms with Crippen LogP contribution in [0.4, 0.5) is 0 Å². The second-order valence-corrected chi connectivity index (χ2v) is 6.07. The highest BCUT2D eigenvalue weighted by Gasteiger charge is 2.17. The number of halogens is 1. The topological polar surface area (TPSA) is 84.0 Å². The van der Waals surface area contributed by atoms with Gasteiger partial charge in [0.25, 0.3) is 0 Å². The van der Waals surface area contributed by atoms with Gasteiger partial charge in [-0.2, -0.15) is 0 Å². The molecule has 1 aliphatic rings. The lowest BCUT2D eigenvalue weighted by Crippen LogP contribution is -2.45. The van der Waals surface area contributed by atoms with Crippen LogP contribution in [0.1, 0.15) is 34.1 Å². The molecule has 0 radical (unpaired) electrons. The van der Waals surface area contributed by atoms with E-state index in [1.807, 2.05) is 20.8 Å². The molecule has 0 aromatic carbocycles. The van der Waals surface area contributed by atoms with Crippen molar-refractivity contribution in [3.63, 3.8) is 0 Å². The second kappa shape index (κ2) is 13.7. The molecule has 1 aliphatic heterocycles. The Kier molecular flexibility index (Phi) is 13.3. The number of rotatable bonds is 9. The van der Waals surface area contributed by atoms with Crippen molar-refractivity contribution in [2.75, 3.05) is 39.5 Å². The molecule has 142 valence electrons. The average molecular weight is 456 g/mol. The van der Waals surface area contributed by atoms with E-state index in [4.69, 9.17) is 9.47 Å². The van der Waals surface area contributed by atoms with Crippen LogP contribution in [0.3, 0.4) is 0 Å². The van der Waals surface area contributed by atoms with Crippen LogP contribution >= 0.6 is 24.0 Å². The van der Waals surface area contributed by atoms with Gasteiger partial charge in [0, 0.05) is 31.7 Å². The molecule has 1 fully saturated rings. The lowest BCUT2D eigenvalue weighted by molar-refractivity contribution is -0.123. The van der Waals surface area contributed by atoms with Gasteiger partial charge in [0.2, 0.25) is 5.91 Å². The molecule has 8 heteroatoms. The molecule has 3 N–H and O–H groups in total. The first kappa shape index (κ1) is 23.4. The Hall–Kier alpha value is -0.610. The summed E-state index contributed by atoms with van der Waals surface area (Å²) in [6.07, 6.45) is 1.18. The zero-order valence-electron chi connectivity index (χ0n) is 15.3. The van der Waals surface area contributed by atoms with E-state index in [1.165, 1.54) is 0 Å². The number of amides is 1. The van der Waals surface area contributed by atoms with E-state index in [2.05, 4.69) is 27.9 Å². The average Bonchev–Trinajstić information content (AvgIpc) is 3.02. The first-order valence-corrected chi connectivity index (χ1v) is 8.54. The minimum Gasteiger partial charge on any atom is -0.379 e. The van der Waals surface area contributed by atoms with Crippen molar-refractivity contribution in [2.24, 2.45) is 10.9 Å². The fraction of sp³-hybridized carbons (Fsp3) is 0.875. The molecule has 1 amide bonds. The van der Waals surface area contributed by atoms with E-state index < -0.39 is 0 Å². The standard InChI is InChI=1S/C16H32N4O3.HI/c1-5-17-16(19-8-7-18-15(21)12(2)3)20-13(4)10-23-14-6-9-22-11-14;/h12-14H,5-11H2,1-4H3,(H,18,21)(H2,17,19,20);1H. The Morgan fingerprint density at radius 3 is 2.67 bits per heavy atom. The zero-order valence-corrected chi connectivity index (χ0v) is 17.6. The van der Waals surface area contributed by atoms with Crippen LogP contribution in [0, 0.1) is 5.92 Å². The van der Waals surface area contributed by atoms with Crippen LogP contribution in [0.25, 0.3) is 0 Å². The number of guanidine groups is 1. The third-order valence-corrected chi connectivity index (χ3v) is 3.40. The summed E-state index contributed by atoms with van der Waals surface area (Å²) < 4.78 is 11.1. The van der Waals surface area contributed by atoms with Crippen molar-refractivity contribution < 1.29 is 14.3 Å². The van der Waals surface area contributed by atoms with E-state index in [9.17, 15) is 4.79 Å². The molecule has 7 nitrogen and oxygen atoms in total. The Bertz CT molecular complexity index is 374. The summed E-state index contributed by atoms with van der Waals surface area (Å²) in [5, 5.41) is 9.37. The molecule has 0 aliphatic carbocycles. The van der Waals surface area contributed by atoms with Crippen LogP contribution in [-0.2, 0) is 14.3 Å². The molecule has 24 heavy (non-hydrogen) atoms. The highest BCUT2D eigenvalue weighted by molar-refractivity contribution is 14.0. The molecular weight excluding hydrogens is 423 g/mol. The van der Waals surface area contributed by atoms with Crippen molar-refractivity contribution >= 4 is 35.8 Å². The van der Waals surface area contributed by atoms with Gasteiger partial charge in [-0.25, -0.2) is 0 Å². The van der Waals surface area contributed by atoms with Crippen molar-refractivity contribution in [2.45, 2.75) is 46.3 Å². The number of aliphatic imine (C=N–C) groups is 1. The van der Waals surface area contributed by atoms with Gasteiger partial charge in [0.1, 0.15) is 0 Å². The minimum atomic E-state index is 0. The smallest absolute Gasteiger partial charge is 0.222 e. The third-order valence-electron chi connectivity index (χ3n) is 3.40. The molecule has 0 aromatic heterocycles. The fourth-order valence-electron chi connectivity index (χ4n) is 2.07. The number of nitrogens with one attached hydrogen (secondary N) is 3. The zero-order chi connectivity index (χ0) is 17.1. The molecule has 0 bridgehead atoms. The maximum Gasteiger partial charge on any atom is 0.222 e. The Morgan fingerprint density at radius 2 is 2.08 bits per heavy atom. The van der Waals surface area contributed by atoms with Crippen LogP contribution < -0.4 is 16.0 Å². The molecule has 2 atom stereocenters. The normalized spacial score (nSPS) is 18.9. The summed E-state index contributed by atoms with van der Waals surface area (Å²) in [6.45, 7) is 11.8. The van der Waals surface area contributed by atoms with Crippen molar-refractivity contribution in [1.82, 2.24) is 16.0 Å². The predicted molar refractivity (Wildman–Crippen MR) is 107 cm³/mol. The summed E-state index contributed by atoms with van der Waals surface area (Å²) in [4.78, 5) is 15.9. The Balaban J connectivity index is 0.00000529. The molecule has 1 saturated heterocycles. The molecule has 0 aromatic rings. The van der Waals surface area contributed by atoms with Gasteiger partial charge in [0.15, 0.2) is 5.96 Å². The van der Waals surface area contributed by atoms with Crippen molar-refractivity contribution in [3.8, 4) is 0 Å². The third kappa shape index (κ3) is 10.3. The highest BCUT2D eigenvalue weighted by Crippen LogP contribution is 2.08. The second-order valence-electron chi connectivity index (χ2n) is 6.07. The first-order chi connectivity index (χ1) is 11.0. The van der Waals surface area contributed by atoms with E-state index in [0.29, 0.717) is 26.3 Å². The molecule has 1 heterocycles. The number of ether oxygens (including phenoxy) is 2. The van der Waals surface area contributed by atoms with Gasteiger partial charge < -0.3 is 25.4 Å². The van der Waals surface area contributed by atoms with Gasteiger partial charge in [0.05, 0.1) is 25.9 Å². The summed E-state index contributed by atoms with van der Waals surface area (Å²) in [5.41, 5.74) is 0. The monoisotopic (exact) mass is 456 g/mol. The van der Waals surface area contributed by atoms with Gasteiger partial charge in [-0.1, -0.05) is 13.8 Å². The van der Waals surface area contributed by atoms with Crippen LogP contribution in [0.2, 0.25) is 0 Å².